The monoisotopic (exact) mass is 300 g/mol. The molecule has 2 aliphatic rings. The standard InChI is InChI=1S/C12H12O7S/c13-12(14)8-3-10-11(18-6-17-10)4-9(8)19-7-1-2-20(15,16)5-7/h3-4,7H,1-2,5-6H2,(H,13,14). The highest BCUT2D eigenvalue weighted by atomic mass is 32.2. The van der Waals surface area contributed by atoms with E-state index >= 15 is 0 Å². The molecule has 0 radical (unpaired) electrons. The molecule has 1 saturated heterocycles. The zero-order valence-corrected chi connectivity index (χ0v) is 11.2. The van der Waals surface area contributed by atoms with E-state index in [1.165, 1.54) is 12.1 Å². The molecule has 7 nitrogen and oxygen atoms in total. The van der Waals surface area contributed by atoms with Gasteiger partial charge in [0.25, 0.3) is 0 Å². The highest BCUT2D eigenvalue weighted by Gasteiger charge is 2.31. The maximum Gasteiger partial charge on any atom is 0.339 e. The number of carboxylic acid groups (broad SMARTS) is 1. The van der Waals surface area contributed by atoms with Gasteiger partial charge in [-0.25, -0.2) is 13.2 Å². The van der Waals surface area contributed by atoms with E-state index in [1.54, 1.807) is 0 Å². The van der Waals surface area contributed by atoms with E-state index in [9.17, 15) is 18.3 Å². The van der Waals surface area contributed by atoms with Gasteiger partial charge in [-0.15, -0.1) is 0 Å². The van der Waals surface area contributed by atoms with Gasteiger partial charge in [-0.1, -0.05) is 0 Å². The molecule has 1 unspecified atom stereocenters. The number of hydrogen-bond acceptors (Lipinski definition) is 6. The first-order chi connectivity index (χ1) is 9.44. The maximum atomic E-state index is 11.4. The number of carbonyl (C=O) groups is 1. The van der Waals surface area contributed by atoms with Crippen LogP contribution in [-0.4, -0.2) is 43.9 Å². The van der Waals surface area contributed by atoms with Crippen LogP contribution in [0.5, 0.6) is 17.2 Å². The van der Waals surface area contributed by atoms with Crippen molar-refractivity contribution in [2.75, 3.05) is 18.3 Å². The van der Waals surface area contributed by atoms with Gasteiger partial charge in [0.15, 0.2) is 21.3 Å². The van der Waals surface area contributed by atoms with Gasteiger partial charge in [0, 0.05) is 12.1 Å². The normalized spacial score (nSPS) is 22.7. The average Bonchev–Trinajstić information content (AvgIpc) is 2.94. The molecule has 1 aromatic rings. The van der Waals surface area contributed by atoms with Crippen molar-refractivity contribution in [2.24, 2.45) is 0 Å². The molecule has 0 aliphatic carbocycles. The minimum Gasteiger partial charge on any atom is -0.488 e. The fourth-order valence-electron chi connectivity index (χ4n) is 2.22. The summed E-state index contributed by atoms with van der Waals surface area (Å²) in [6.45, 7) is 0.0235. The van der Waals surface area contributed by atoms with E-state index in [-0.39, 0.29) is 29.6 Å². The molecule has 2 heterocycles. The first-order valence-corrected chi connectivity index (χ1v) is 7.81. The Balaban J connectivity index is 1.90. The van der Waals surface area contributed by atoms with Crippen LogP contribution in [-0.2, 0) is 9.84 Å². The first kappa shape index (κ1) is 13.0. The fraction of sp³-hybridized carbons (Fsp3) is 0.417. The summed E-state index contributed by atoms with van der Waals surface area (Å²) in [5.41, 5.74) is -0.0708. The molecular weight excluding hydrogens is 288 g/mol. The van der Waals surface area contributed by atoms with Crippen molar-refractivity contribution in [3.63, 3.8) is 0 Å². The smallest absolute Gasteiger partial charge is 0.339 e. The Morgan fingerprint density at radius 1 is 1.30 bits per heavy atom. The second-order valence-corrected chi connectivity index (χ2v) is 6.88. The van der Waals surface area contributed by atoms with E-state index in [2.05, 4.69) is 0 Å². The van der Waals surface area contributed by atoms with Crippen LogP contribution in [0.4, 0.5) is 0 Å². The lowest BCUT2D eigenvalue weighted by Gasteiger charge is -2.14. The zero-order chi connectivity index (χ0) is 14.3. The lowest BCUT2D eigenvalue weighted by Crippen LogP contribution is -2.19. The number of aromatic carboxylic acids is 1. The molecule has 108 valence electrons. The quantitative estimate of drug-likeness (QED) is 0.876. The van der Waals surface area contributed by atoms with Crippen LogP contribution in [0.3, 0.4) is 0 Å². The van der Waals surface area contributed by atoms with Gasteiger partial charge in [-0.2, -0.15) is 0 Å². The highest BCUT2D eigenvalue weighted by molar-refractivity contribution is 7.91. The molecule has 0 bridgehead atoms. The number of hydrogen-bond donors (Lipinski definition) is 1. The van der Waals surface area contributed by atoms with E-state index < -0.39 is 21.9 Å². The lowest BCUT2D eigenvalue weighted by molar-refractivity contribution is 0.0689. The van der Waals surface area contributed by atoms with Crippen molar-refractivity contribution in [1.29, 1.82) is 0 Å². The Labute approximate surface area is 115 Å². The Kier molecular flexibility index (Phi) is 2.97. The number of carboxylic acids is 1. The zero-order valence-electron chi connectivity index (χ0n) is 10.4. The van der Waals surface area contributed by atoms with E-state index in [1.807, 2.05) is 0 Å². The van der Waals surface area contributed by atoms with Gasteiger partial charge < -0.3 is 19.3 Å². The molecule has 20 heavy (non-hydrogen) atoms. The predicted molar refractivity (Wildman–Crippen MR) is 67.2 cm³/mol. The number of sulfone groups is 1. The predicted octanol–water partition coefficient (Wildman–Crippen LogP) is 0.679. The van der Waals surface area contributed by atoms with Gasteiger partial charge >= 0.3 is 5.97 Å². The number of benzene rings is 1. The van der Waals surface area contributed by atoms with Crippen LogP contribution < -0.4 is 14.2 Å². The minimum absolute atomic E-state index is 0.0235. The Bertz CT molecular complexity index is 665. The molecule has 0 saturated carbocycles. The third-order valence-electron chi connectivity index (χ3n) is 3.19. The highest BCUT2D eigenvalue weighted by Crippen LogP contribution is 2.39. The van der Waals surface area contributed by atoms with Crippen LogP contribution in [0.25, 0.3) is 0 Å². The first-order valence-electron chi connectivity index (χ1n) is 5.99. The summed E-state index contributed by atoms with van der Waals surface area (Å²) in [5.74, 6) is -0.367. The largest absolute Gasteiger partial charge is 0.488 e. The van der Waals surface area contributed by atoms with Crippen LogP contribution in [0.15, 0.2) is 12.1 Å². The van der Waals surface area contributed by atoms with E-state index in [0.29, 0.717) is 17.9 Å². The van der Waals surface area contributed by atoms with Gasteiger partial charge in [0.1, 0.15) is 17.4 Å². The summed E-state index contributed by atoms with van der Waals surface area (Å²) in [6.07, 6.45) is -0.172. The van der Waals surface area contributed by atoms with Gasteiger partial charge in [0.2, 0.25) is 6.79 Å². The molecule has 1 N–H and O–H groups in total. The van der Waals surface area contributed by atoms with Gasteiger partial charge in [-0.05, 0) is 6.42 Å². The second kappa shape index (κ2) is 4.55. The van der Waals surface area contributed by atoms with Crippen molar-refractivity contribution in [3.05, 3.63) is 17.7 Å². The lowest BCUT2D eigenvalue weighted by atomic mass is 10.1. The third-order valence-corrected chi connectivity index (χ3v) is 4.93. The fourth-order valence-corrected chi connectivity index (χ4v) is 3.81. The van der Waals surface area contributed by atoms with Crippen molar-refractivity contribution < 1.29 is 32.5 Å². The summed E-state index contributed by atoms with van der Waals surface area (Å²) < 4.78 is 38.6. The molecule has 1 aromatic carbocycles. The van der Waals surface area contributed by atoms with E-state index in [0.717, 1.165) is 0 Å². The molecule has 0 spiro atoms. The molecular formula is C12H12O7S. The number of ether oxygens (including phenoxy) is 3. The van der Waals surface area contributed by atoms with Gasteiger partial charge in [0.05, 0.1) is 11.5 Å². The van der Waals surface area contributed by atoms with Crippen LogP contribution in [0.1, 0.15) is 16.8 Å². The minimum atomic E-state index is -3.09. The maximum absolute atomic E-state index is 11.4. The Morgan fingerprint density at radius 2 is 2.00 bits per heavy atom. The average molecular weight is 300 g/mol. The summed E-state index contributed by atoms with van der Waals surface area (Å²) in [5, 5.41) is 9.18. The van der Waals surface area contributed by atoms with Crippen LogP contribution in [0.2, 0.25) is 0 Å². The summed E-state index contributed by atoms with van der Waals surface area (Å²) in [6, 6.07) is 2.75. The molecule has 0 amide bonds. The van der Waals surface area contributed by atoms with Crippen molar-refractivity contribution >= 4 is 15.8 Å². The molecule has 8 heteroatoms. The molecule has 1 fully saturated rings. The number of rotatable bonds is 3. The summed E-state index contributed by atoms with van der Waals surface area (Å²) in [4.78, 5) is 11.2. The third kappa shape index (κ3) is 2.38. The second-order valence-electron chi connectivity index (χ2n) is 4.65. The van der Waals surface area contributed by atoms with Crippen LogP contribution in [0, 0.1) is 0 Å². The SMILES string of the molecule is O=C(O)c1cc2c(cc1OC1CCS(=O)(=O)C1)OCO2. The Hall–Kier alpha value is -1.96. The van der Waals surface area contributed by atoms with Crippen LogP contribution >= 0.6 is 0 Å². The van der Waals surface area contributed by atoms with E-state index in [4.69, 9.17) is 14.2 Å². The number of fused-ring (bicyclic) bond motifs is 1. The molecule has 0 aromatic heterocycles. The molecule has 3 rings (SSSR count). The summed E-state index contributed by atoms with van der Waals surface area (Å²) in [7, 11) is -3.09. The molecule has 2 aliphatic heterocycles. The topological polar surface area (TPSA) is 99.1 Å². The molecule has 1 atom stereocenters. The van der Waals surface area contributed by atoms with Crippen molar-refractivity contribution in [2.45, 2.75) is 12.5 Å². The van der Waals surface area contributed by atoms with Gasteiger partial charge in [-0.3, -0.25) is 0 Å². The summed E-state index contributed by atoms with van der Waals surface area (Å²) >= 11 is 0. The Morgan fingerprint density at radius 3 is 2.60 bits per heavy atom. The van der Waals surface area contributed by atoms with Crippen molar-refractivity contribution in [1.82, 2.24) is 0 Å². The van der Waals surface area contributed by atoms with Crippen molar-refractivity contribution in [3.8, 4) is 17.2 Å².